The summed E-state index contributed by atoms with van der Waals surface area (Å²) < 4.78 is 13.5. The van der Waals surface area contributed by atoms with E-state index in [1.807, 2.05) is 0 Å². The van der Waals surface area contributed by atoms with Crippen LogP contribution in [0.25, 0.3) is 0 Å². The van der Waals surface area contributed by atoms with Gasteiger partial charge in [-0.1, -0.05) is 12.1 Å². The van der Waals surface area contributed by atoms with Gasteiger partial charge in [0.05, 0.1) is 12.6 Å². The normalized spacial score (nSPS) is 18.2. The lowest BCUT2D eigenvalue weighted by atomic mass is 10.0. The van der Waals surface area contributed by atoms with Crippen LogP contribution in [0.3, 0.4) is 0 Å². The highest BCUT2D eigenvalue weighted by molar-refractivity contribution is 5.31. The number of nitrogens with two attached hydrogens (primary N) is 1. The van der Waals surface area contributed by atoms with Crippen molar-refractivity contribution in [3.63, 3.8) is 0 Å². The smallest absolute Gasteiger partial charge is 0.127 e. The molecule has 1 aliphatic carbocycles. The molecule has 14 heavy (non-hydrogen) atoms. The van der Waals surface area contributed by atoms with Crippen LogP contribution in [0.15, 0.2) is 18.2 Å². The summed E-state index contributed by atoms with van der Waals surface area (Å²) in [5.41, 5.74) is 7.04. The van der Waals surface area contributed by atoms with E-state index in [0.29, 0.717) is 11.5 Å². The summed E-state index contributed by atoms with van der Waals surface area (Å²) in [5.74, 6) is 0.225. The molecule has 0 aliphatic heterocycles. The second-order valence-corrected chi connectivity index (χ2v) is 3.84. The molecule has 1 unspecified atom stereocenters. The van der Waals surface area contributed by atoms with Crippen molar-refractivity contribution in [2.75, 3.05) is 6.61 Å². The molecule has 3 heteroatoms. The first-order valence-electron chi connectivity index (χ1n) is 4.88. The highest BCUT2D eigenvalue weighted by Crippen LogP contribution is 2.41. The Kier molecular flexibility index (Phi) is 2.52. The Balaban J connectivity index is 2.25. The maximum atomic E-state index is 13.5. The van der Waals surface area contributed by atoms with Crippen LogP contribution in [-0.2, 0) is 0 Å². The van der Waals surface area contributed by atoms with Crippen LogP contribution in [0, 0.1) is 5.82 Å². The van der Waals surface area contributed by atoms with Crippen molar-refractivity contribution in [1.82, 2.24) is 0 Å². The fourth-order valence-electron chi connectivity index (χ4n) is 1.60. The Morgan fingerprint density at radius 2 is 2.21 bits per heavy atom. The molecule has 0 bridgehead atoms. The van der Waals surface area contributed by atoms with E-state index < -0.39 is 6.04 Å². The molecule has 0 heterocycles. The van der Waals surface area contributed by atoms with Crippen molar-refractivity contribution in [2.24, 2.45) is 5.73 Å². The number of benzene rings is 1. The van der Waals surface area contributed by atoms with Crippen LogP contribution >= 0.6 is 0 Å². The molecule has 0 saturated heterocycles. The van der Waals surface area contributed by atoms with Crippen molar-refractivity contribution < 1.29 is 9.50 Å². The van der Waals surface area contributed by atoms with E-state index in [2.05, 4.69) is 0 Å². The average molecular weight is 195 g/mol. The Hall–Kier alpha value is -0.930. The van der Waals surface area contributed by atoms with Crippen LogP contribution in [0.4, 0.5) is 4.39 Å². The maximum absolute atomic E-state index is 13.5. The molecule has 0 aromatic heterocycles. The van der Waals surface area contributed by atoms with Crippen LogP contribution in [0.5, 0.6) is 0 Å². The first-order chi connectivity index (χ1) is 6.72. The van der Waals surface area contributed by atoms with Gasteiger partial charge >= 0.3 is 0 Å². The topological polar surface area (TPSA) is 46.2 Å². The van der Waals surface area contributed by atoms with Crippen molar-refractivity contribution in [1.29, 1.82) is 0 Å². The largest absolute Gasteiger partial charge is 0.394 e. The predicted molar refractivity (Wildman–Crippen MR) is 52.4 cm³/mol. The molecule has 0 spiro atoms. The maximum Gasteiger partial charge on any atom is 0.127 e. The molecular formula is C11H14FNO. The number of aliphatic hydroxyl groups excluding tert-OH is 1. The highest BCUT2D eigenvalue weighted by atomic mass is 19.1. The minimum atomic E-state index is -0.474. The van der Waals surface area contributed by atoms with Gasteiger partial charge in [0, 0.05) is 0 Å². The summed E-state index contributed by atoms with van der Waals surface area (Å²) in [6.07, 6.45) is 2.17. The zero-order chi connectivity index (χ0) is 10.1. The van der Waals surface area contributed by atoms with Gasteiger partial charge in [0.1, 0.15) is 5.82 Å². The number of rotatable bonds is 3. The highest BCUT2D eigenvalue weighted by Gasteiger charge is 2.26. The lowest BCUT2D eigenvalue weighted by molar-refractivity contribution is 0.267. The lowest BCUT2D eigenvalue weighted by Crippen LogP contribution is -2.14. The van der Waals surface area contributed by atoms with Crippen LogP contribution < -0.4 is 5.73 Å². The van der Waals surface area contributed by atoms with Gasteiger partial charge in [0.25, 0.3) is 0 Å². The van der Waals surface area contributed by atoms with E-state index in [0.717, 1.165) is 18.4 Å². The lowest BCUT2D eigenvalue weighted by Gasteiger charge is -2.10. The van der Waals surface area contributed by atoms with E-state index in [1.54, 1.807) is 12.1 Å². The standard InChI is InChI=1S/C11H14FNO/c12-10-5-8(11(13)6-14)3-4-9(10)7-1-2-7/h3-5,7,11,14H,1-2,6,13H2. The molecule has 1 aliphatic rings. The van der Waals surface area contributed by atoms with Gasteiger partial charge < -0.3 is 10.8 Å². The summed E-state index contributed by atoms with van der Waals surface area (Å²) in [6, 6.07) is 4.56. The molecule has 1 atom stereocenters. The van der Waals surface area contributed by atoms with E-state index >= 15 is 0 Å². The number of hydrogen-bond donors (Lipinski definition) is 2. The van der Waals surface area contributed by atoms with Gasteiger partial charge in [0.2, 0.25) is 0 Å². The zero-order valence-corrected chi connectivity index (χ0v) is 7.91. The summed E-state index contributed by atoms with van der Waals surface area (Å²) >= 11 is 0. The molecule has 1 aromatic rings. The van der Waals surface area contributed by atoms with E-state index in [9.17, 15) is 4.39 Å². The molecule has 1 saturated carbocycles. The van der Waals surface area contributed by atoms with E-state index in [-0.39, 0.29) is 12.4 Å². The predicted octanol–water partition coefficient (Wildman–Crippen LogP) is 1.70. The number of aliphatic hydroxyl groups is 1. The summed E-state index contributed by atoms with van der Waals surface area (Å²) in [5, 5.41) is 8.82. The first-order valence-corrected chi connectivity index (χ1v) is 4.88. The minimum Gasteiger partial charge on any atom is -0.394 e. The molecule has 2 rings (SSSR count). The second-order valence-electron chi connectivity index (χ2n) is 3.84. The van der Waals surface area contributed by atoms with Crippen molar-refractivity contribution in [2.45, 2.75) is 24.8 Å². The van der Waals surface area contributed by atoms with Gasteiger partial charge in [-0.15, -0.1) is 0 Å². The van der Waals surface area contributed by atoms with Gasteiger partial charge in [-0.05, 0) is 36.0 Å². The number of hydrogen-bond acceptors (Lipinski definition) is 2. The molecule has 3 N–H and O–H groups in total. The summed E-state index contributed by atoms with van der Waals surface area (Å²) in [7, 11) is 0. The first kappa shape index (κ1) is 9.62. The summed E-state index contributed by atoms with van der Waals surface area (Å²) in [6.45, 7) is -0.151. The zero-order valence-electron chi connectivity index (χ0n) is 7.91. The molecule has 1 aromatic carbocycles. The molecule has 1 fully saturated rings. The fourth-order valence-corrected chi connectivity index (χ4v) is 1.60. The fraction of sp³-hybridized carbons (Fsp3) is 0.455. The molecule has 0 amide bonds. The quantitative estimate of drug-likeness (QED) is 0.771. The third kappa shape index (κ3) is 1.79. The summed E-state index contributed by atoms with van der Waals surface area (Å²) in [4.78, 5) is 0. The van der Waals surface area contributed by atoms with Crippen LogP contribution in [0.2, 0.25) is 0 Å². The monoisotopic (exact) mass is 195 g/mol. The van der Waals surface area contributed by atoms with Crippen molar-refractivity contribution in [3.8, 4) is 0 Å². The third-order valence-corrected chi connectivity index (χ3v) is 2.67. The molecular weight excluding hydrogens is 181 g/mol. The third-order valence-electron chi connectivity index (χ3n) is 2.67. The Bertz CT molecular complexity index is 336. The molecule has 0 radical (unpaired) electrons. The van der Waals surface area contributed by atoms with Crippen molar-refractivity contribution in [3.05, 3.63) is 35.1 Å². The Labute approximate surface area is 82.5 Å². The van der Waals surface area contributed by atoms with Crippen molar-refractivity contribution >= 4 is 0 Å². The minimum absolute atomic E-state index is 0.151. The molecule has 2 nitrogen and oxygen atoms in total. The van der Waals surface area contributed by atoms with Gasteiger partial charge in [0.15, 0.2) is 0 Å². The Morgan fingerprint density at radius 1 is 1.50 bits per heavy atom. The van der Waals surface area contributed by atoms with Gasteiger partial charge in [-0.2, -0.15) is 0 Å². The van der Waals surface area contributed by atoms with Crippen LogP contribution in [-0.4, -0.2) is 11.7 Å². The average Bonchev–Trinajstić information content (AvgIpc) is 3.00. The van der Waals surface area contributed by atoms with Gasteiger partial charge in [-0.25, -0.2) is 4.39 Å². The SMILES string of the molecule is NC(CO)c1ccc(C2CC2)c(F)c1. The molecule has 76 valence electrons. The number of halogens is 1. The Morgan fingerprint density at radius 3 is 2.71 bits per heavy atom. The van der Waals surface area contributed by atoms with E-state index in [1.165, 1.54) is 6.07 Å². The van der Waals surface area contributed by atoms with Gasteiger partial charge in [-0.3, -0.25) is 0 Å². The van der Waals surface area contributed by atoms with Crippen LogP contribution in [0.1, 0.15) is 35.9 Å². The van der Waals surface area contributed by atoms with E-state index in [4.69, 9.17) is 10.8 Å². The second kappa shape index (κ2) is 3.67.